The van der Waals surface area contributed by atoms with Gasteiger partial charge in [0.25, 0.3) is 0 Å². The lowest BCUT2D eigenvalue weighted by Crippen LogP contribution is -2.46. The summed E-state index contributed by atoms with van der Waals surface area (Å²) < 4.78 is 0. The summed E-state index contributed by atoms with van der Waals surface area (Å²) in [6.45, 7) is 1.55. The van der Waals surface area contributed by atoms with Gasteiger partial charge in [0.15, 0.2) is 0 Å². The predicted molar refractivity (Wildman–Crippen MR) is 39.6 cm³/mol. The summed E-state index contributed by atoms with van der Waals surface area (Å²) in [7, 11) is 0. The molecule has 52 valence electrons. The molecule has 0 spiro atoms. The summed E-state index contributed by atoms with van der Waals surface area (Å²) in [6, 6.07) is 0.391. The van der Waals surface area contributed by atoms with Crippen molar-refractivity contribution in [2.75, 3.05) is 0 Å². The van der Waals surface area contributed by atoms with Crippen LogP contribution >= 0.6 is 15.9 Å². The molecule has 2 nitrogen and oxygen atoms in total. The van der Waals surface area contributed by atoms with Crippen molar-refractivity contribution in [1.29, 1.82) is 0 Å². The van der Waals surface area contributed by atoms with Crippen LogP contribution in [0, 0.1) is 0 Å². The Balaban J connectivity index is 2.21. The van der Waals surface area contributed by atoms with Gasteiger partial charge in [-0.05, 0) is 12.8 Å². The van der Waals surface area contributed by atoms with E-state index in [1.54, 1.807) is 6.92 Å². The van der Waals surface area contributed by atoms with E-state index in [2.05, 4.69) is 21.2 Å². The number of hydrogen-bond donors (Lipinski definition) is 1. The van der Waals surface area contributed by atoms with Gasteiger partial charge >= 0.3 is 0 Å². The van der Waals surface area contributed by atoms with Gasteiger partial charge in [0.2, 0.25) is 5.91 Å². The van der Waals surface area contributed by atoms with Crippen LogP contribution in [0.1, 0.15) is 19.8 Å². The van der Waals surface area contributed by atoms with Crippen LogP contribution in [0.4, 0.5) is 0 Å². The maximum atomic E-state index is 10.5. The van der Waals surface area contributed by atoms with Crippen molar-refractivity contribution in [3.63, 3.8) is 0 Å². The maximum Gasteiger partial charge on any atom is 0.217 e. The van der Waals surface area contributed by atoms with E-state index in [0.717, 1.165) is 6.42 Å². The third kappa shape index (κ3) is 1.68. The molecule has 1 N–H and O–H groups in total. The highest BCUT2D eigenvalue weighted by molar-refractivity contribution is 9.09. The van der Waals surface area contributed by atoms with Crippen LogP contribution < -0.4 is 5.32 Å². The van der Waals surface area contributed by atoms with Crippen molar-refractivity contribution in [3.8, 4) is 0 Å². The Hall–Kier alpha value is -0.0500. The molecule has 1 amide bonds. The Bertz CT molecular complexity index is 126. The van der Waals surface area contributed by atoms with E-state index < -0.39 is 0 Å². The Morgan fingerprint density at radius 2 is 2.33 bits per heavy atom. The van der Waals surface area contributed by atoms with Gasteiger partial charge in [0.1, 0.15) is 0 Å². The first kappa shape index (κ1) is 7.06. The first-order valence-electron chi connectivity index (χ1n) is 3.11. The zero-order valence-electron chi connectivity index (χ0n) is 5.36. The number of alkyl halides is 1. The highest BCUT2D eigenvalue weighted by Crippen LogP contribution is 2.26. The van der Waals surface area contributed by atoms with Gasteiger partial charge in [-0.2, -0.15) is 0 Å². The number of nitrogens with one attached hydrogen (secondary N) is 1. The molecule has 0 aromatic carbocycles. The number of carbonyl (C=O) groups excluding carboxylic acids is 1. The van der Waals surface area contributed by atoms with Gasteiger partial charge < -0.3 is 5.32 Å². The summed E-state index contributed by atoms with van der Waals surface area (Å²) >= 11 is 3.44. The van der Waals surface area contributed by atoms with Crippen molar-refractivity contribution in [2.24, 2.45) is 0 Å². The lowest BCUT2D eigenvalue weighted by atomic mass is 9.93. The maximum absolute atomic E-state index is 10.5. The number of hydrogen-bond acceptors (Lipinski definition) is 1. The Kier molecular flexibility index (Phi) is 2.11. The van der Waals surface area contributed by atoms with E-state index >= 15 is 0 Å². The van der Waals surface area contributed by atoms with E-state index in [1.165, 1.54) is 6.42 Å². The minimum atomic E-state index is 0.0733. The van der Waals surface area contributed by atoms with E-state index in [9.17, 15) is 4.79 Å². The molecule has 1 aliphatic carbocycles. The molecule has 2 unspecified atom stereocenters. The molecule has 2 atom stereocenters. The third-order valence-electron chi connectivity index (χ3n) is 1.58. The molecule has 0 heterocycles. The second-order valence-electron chi connectivity index (χ2n) is 2.40. The number of rotatable bonds is 1. The molecule has 1 saturated carbocycles. The van der Waals surface area contributed by atoms with Crippen molar-refractivity contribution < 1.29 is 4.79 Å². The van der Waals surface area contributed by atoms with Gasteiger partial charge in [-0.25, -0.2) is 0 Å². The standard InChI is InChI=1S/C6H10BrNO/c1-4(9)8-6-3-2-5(6)7/h5-6H,2-3H2,1H3,(H,8,9). The smallest absolute Gasteiger partial charge is 0.217 e. The van der Waals surface area contributed by atoms with Crippen LogP contribution in [0.3, 0.4) is 0 Å². The van der Waals surface area contributed by atoms with Gasteiger partial charge in [-0.15, -0.1) is 0 Å². The molecule has 0 aromatic rings. The monoisotopic (exact) mass is 191 g/mol. The fraction of sp³-hybridized carbons (Fsp3) is 0.833. The molecule has 1 aliphatic rings. The minimum absolute atomic E-state index is 0.0733. The second-order valence-corrected chi connectivity index (χ2v) is 3.58. The zero-order valence-corrected chi connectivity index (χ0v) is 6.94. The van der Waals surface area contributed by atoms with Crippen LogP contribution in [0.15, 0.2) is 0 Å². The van der Waals surface area contributed by atoms with Crippen molar-refractivity contribution >= 4 is 21.8 Å². The molecule has 9 heavy (non-hydrogen) atoms. The van der Waals surface area contributed by atoms with E-state index in [-0.39, 0.29) is 5.91 Å². The molecular weight excluding hydrogens is 182 g/mol. The minimum Gasteiger partial charge on any atom is -0.352 e. The van der Waals surface area contributed by atoms with Gasteiger partial charge in [-0.1, -0.05) is 15.9 Å². The summed E-state index contributed by atoms with van der Waals surface area (Å²) in [5.41, 5.74) is 0. The Morgan fingerprint density at radius 1 is 1.67 bits per heavy atom. The first-order chi connectivity index (χ1) is 4.20. The zero-order chi connectivity index (χ0) is 6.85. The van der Waals surface area contributed by atoms with Crippen LogP contribution in [0.2, 0.25) is 0 Å². The quantitative estimate of drug-likeness (QED) is 0.618. The van der Waals surface area contributed by atoms with Gasteiger partial charge in [-0.3, -0.25) is 4.79 Å². The second kappa shape index (κ2) is 2.69. The number of carbonyl (C=O) groups is 1. The molecular formula is C6H10BrNO. The highest BCUT2D eigenvalue weighted by Gasteiger charge is 2.28. The highest BCUT2D eigenvalue weighted by atomic mass is 79.9. The van der Waals surface area contributed by atoms with Gasteiger partial charge in [0.05, 0.1) is 0 Å². The average molecular weight is 192 g/mol. The van der Waals surface area contributed by atoms with Crippen molar-refractivity contribution in [2.45, 2.75) is 30.6 Å². The Morgan fingerprint density at radius 3 is 2.44 bits per heavy atom. The topological polar surface area (TPSA) is 29.1 Å². The van der Waals surface area contributed by atoms with E-state index in [4.69, 9.17) is 0 Å². The normalized spacial score (nSPS) is 33.1. The van der Waals surface area contributed by atoms with E-state index in [1.807, 2.05) is 0 Å². The molecule has 0 aromatic heterocycles. The third-order valence-corrected chi connectivity index (χ3v) is 2.67. The molecule has 0 aliphatic heterocycles. The van der Waals surface area contributed by atoms with Crippen molar-refractivity contribution in [3.05, 3.63) is 0 Å². The molecule has 1 rings (SSSR count). The largest absolute Gasteiger partial charge is 0.352 e. The SMILES string of the molecule is CC(=O)NC1CCC1Br. The molecule has 0 saturated heterocycles. The van der Waals surface area contributed by atoms with Crippen LogP contribution in [-0.2, 0) is 4.79 Å². The molecule has 3 heteroatoms. The molecule has 0 bridgehead atoms. The Labute approximate surface area is 63.1 Å². The van der Waals surface area contributed by atoms with Crippen LogP contribution in [-0.4, -0.2) is 16.8 Å². The van der Waals surface area contributed by atoms with Crippen LogP contribution in [0.5, 0.6) is 0 Å². The molecule has 0 radical (unpaired) electrons. The number of halogens is 1. The fourth-order valence-electron chi connectivity index (χ4n) is 0.883. The number of amides is 1. The van der Waals surface area contributed by atoms with E-state index in [0.29, 0.717) is 10.9 Å². The first-order valence-corrected chi connectivity index (χ1v) is 4.03. The molecule has 1 fully saturated rings. The predicted octanol–water partition coefficient (Wildman–Crippen LogP) is 1.05. The van der Waals surface area contributed by atoms with Gasteiger partial charge in [0, 0.05) is 17.8 Å². The average Bonchev–Trinajstić information content (AvgIpc) is 1.79. The summed E-state index contributed by atoms with van der Waals surface area (Å²) in [6.07, 6.45) is 2.31. The lowest BCUT2D eigenvalue weighted by molar-refractivity contribution is -0.120. The summed E-state index contributed by atoms with van der Waals surface area (Å²) in [5.74, 6) is 0.0733. The summed E-state index contributed by atoms with van der Waals surface area (Å²) in [5, 5.41) is 2.84. The van der Waals surface area contributed by atoms with Crippen LogP contribution in [0.25, 0.3) is 0 Å². The fourth-order valence-corrected chi connectivity index (χ4v) is 1.54. The summed E-state index contributed by atoms with van der Waals surface area (Å²) in [4.78, 5) is 11.0. The van der Waals surface area contributed by atoms with Crippen molar-refractivity contribution in [1.82, 2.24) is 5.32 Å². The lowest BCUT2D eigenvalue weighted by Gasteiger charge is -2.32.